The van der Waals surface area contributed by atoms with Crippen LogP contribution in [0.15, 0.2) is 54.6 Å². The van der Waals surface area contributed by atoms with Crippen LogP contribution >= 0.6 is 11.6 Å². The highest BCUT2D eigenvalue weighted by atomic mass is 35.5. The highest BCUT2D eigenvalue weighted by Gasteiger charge is 2.51. The molecule has 0 unspecified atom stereocenters. The van der Waals surface area contributed by atoms with E-state index in [0.29, 0.717) is 47.0 Å². The lowest BCUT2D eigenvalue weighted by atomic mass is 9.94. The second-order valence-electron chi connectivity index (χ2n) is 8.26. The van der Waals surface area contributed by atoms with Crippen molar-refractivity contribution in [2.75, 3.05) is 19.5 Å². The molecule has 0 aliphatic heterocycles. The molecule has 0 atom stereocenters. The summed E-state index contributed by atoms with van der Waals surface area (Å²) < 4.78 is 24.7. The third kappa shape index (κ3) is 4.30. The Morgan fingerprint density at radius 3 is 2.49 bits per heavy atom. The molecule has 0 saturated heterocycles. The molecule has 1 amide bonds. The summed E-state index contributed by atoms with van der Waals surface area (Å²) in [7, 11) is 3.14. The number of anilines is 1. The fraction of sp³-hybridized carbons (Fsp3) is 0.200. The van der Waals surface area contributed by atoms with Crippen LogP contribution in [-0.2, 0) is 10.2 Å². The van der Waals surface area contributed by atoms with Crippen molar-refractivity contribution in [3.05, 3.63) is 71.0 Å². The third-order valence-electron chi connectivity index (χ3n) is 6.16. The number of nitrogens with one attached hydrogen (secondary N) is 2. The number of carbonyl (C=O) groups excluding carboxylic acids is 1. The van der Waals surface area contributed by atoms with Crippen LogP contribution in [0.5, 0.6) is 11.5 Å². The van der Waals surface area contributed by atoms with Crippen molar-refractivity contribution in [1.29, 1.82) is 0 Å². The van der Waals surface area contributed by atoms with Crippen molar-refractivity contribution in [1.82, 2.24) is 20.6 Å². The fourth-order valence-electron chi connectivity index (χ4n) is 4.19. The Balaban J connectivity index is 1.50. The highest BCUT2D eigenvalue weighted by molar-refractivity contribution is 6.30. The lowest BCUT2D eigenvalue weighted by Crippen LogP contribution is -2.28. The largest absolute Gasteiger partial charge is 0.493 e. The molecule has 1 aliphatic rings. The number of carbonyl (C=O) groups is 1. The van der Waals surface area contributed by atoms with Crippen LogP contribution in [0.25, 0.3) is 22.5 Å². The standard InChI is InChI=1S/C25H21ClFN5O3/c1-34-21-6-3-14(9-22(21)35-2)19-5-4-18(13-20(19)23-29-31-32-30-23)28-24(33)25(7-8-25)15-10-16(26)12-17(27)11-15/h3-6,9-13H,7-8H2,1-2H3,(H,28,33)(H,29,30,31,32). The van der Waals surface area contributed by atoms with E-state index in [9.17, 15) is 9.18 Å². The van der Waals surface area contributed by atoms with E-state index in [1.165, 1.54) is 12.1 Å². The first kappa shape index (κ1) is 22.8. The number of rotatable bonds is 7. The first-order chi connectivity index (χ1) is 16.9. The van der Waals surface area contributed by atoms with E-state index >= 15 is 0 Å². The zero-order chi connectivity index (χ0) is 24.6. The second kappa shape index (κ2) is 8.99. The molecule has 0 spiro atoms. The van der Waals surface area contributed by atoms with Gasteiger partial charge in [-0.05, 0) is 77.2 Å². The Morgan fingerprint density at radius 2 is 1.83 bits per heavy atom. The van der Waals surface area contributed by atoms with E-state index in [4.69, 9.17) is 21.1 Å². The van der Waals surface area contributed by atoms with Crippen molar-refractivity contribution in [3.8, 4) is 34.0 Å². The number of tetrazole rings is 1. The average molecular weight is 494 g/mol. The molecule has 1 saturated carbocycles. The predicted molar refractivity (Wildman–Crippen MR) is 129 cm³/mol. The summed E-state index contributed by atoms with van der Waals surface area (Å²) in [4.78, 5) is 13.3. The maximum absolute atomic E-state index is 13.9. The van der Waals surface area contributed by atoms with Crippen LogP contribution in [0.4, 0.5) is 10.1 Å². The molecule has 35 heavy (non-hydrogen) atoms. The summed E-state index contributed by atoms with van der Waals surface area (Å²) in [6, 6.07) is 15.2. The Hall–Kier alpha value is -3.98. The van der Waals surface area contributed by atoms with Gasteiger partial charge in [0.1, 0.15) is 5.82 Å². The van der Waals surface area contributed by atoms with Crippen LogP contribution in [-0.4, -0.2) is 40.8 Å². The van der Waals surface area contributed by atoms with Gasteiger partial charge in [0, 0.05) is 16.3 Å². The Bertz CT molecular complexity index is 1390. The summed E-state index contributed by atoms with van der Waals surface area (Å²) in [6.45, 7) is 0. The second-order valence-corrected chi connectivity index (χ2v) is 8.70. The molecule has 3 aromatic carbocycles. The van der Waals surface area contributed by atoms with Gasteiger partial charge in [-0.1, -0.05) is 23.7 Å². The number of hydrogen-bond acceptors (Lipinski definition) is 6. The normalized spacial score (nSPS) is 13.8. The molecule has 10 heteroatoms. The van der Waals surface area contributed by atoms with Gasteiger partial charge in [0.25, 0.3) is 0 Å². The Labute approximate surface area is 205 Å². The number of aromatic nitrogens is 4. The molecule has 1 aromatic heterocycles. The van der Waals surface area contributed by atoms with E-state index < -0.39 is 11.2 Å². The molecular formula is C25H21ClFN5O3. The van der Waals surface area contributed by atoms with Crippen molar-refractivity contribution < 1.29 is 18.7 Å². The molecule has 1 aliphatic carbocycles. The summed E-state index contributed by atoms with van der Waals surface area (Å²) in [5.41, 5.74) is 2.62. The van der Waals surface area contributed by atoms with Gasteiger partial charge in [0.05, 0.1) is 19.6 Å². The number of hydrogen-bond donors (Lipinski definition) is 2. The SMILES string of the molecule is COc1ccc(-c2ccc(NC(=O)C3(c4cc(F)cc(Cl)c4)CC3)cc2-c2nn[nH]n2)cc1OC. The Morgan fingerprint density at radius 1 is 1.03 bits per heavy atom. The quantitative estimate of drug-likeness (QED) is 0.375. The maximum Gasteiger partial charge on any atom is 0.235 e. The van der Waals surface area contributed by atoms with Gasteiger partial charge in [-0.25, -0.2) is 4.39 Å². The number of halogens is 2. The highest BCUT2D eigenvalue weighted by Crippen LogP contribution is 2.50. The minimum absolute atomic E-state index is 0.225. The zero-order valence-corrected chi connectivity index (χ0v) is 19.7. The van der Waals surface area contributed by atoms with Crippen LogP contribution in [0.3, 0.4) is 0 Å². The molecule has 178 valence electrons. The van der Waals surface area contributed by atoms with Crippen molar-refractivity contribution in [3.63, 3.8) is 0 Å². The third-order valence-corrected chi connectivity index (χ3v) is 6.38. The van der Waals surface area contributed by atoms with Crippen molar-refractivity contribution in [2.24, 2.45) is 0 Å². The number of benzene rings is 3. The molecule has 5 rings (SSSR count). The minimum Gasteiger partial charge on any atom is -0.493 e. The molecular weight excluding hydrogens is 473 g/mol. The number of nitrogens with zero attached hydrogens (tertiary/aromatic N) is 3. The predicted octanol–water partition coefficient (Wildman–Crippen LogP) is 5.01. The number of H-pyrrole nitrogens is 1. The monoisotopic (exact) mass is 493 g/mol. The summed E-state index contributed by atoms with van der Waals surface area (Å²) in [6.07, 6.45) is 1.22. The van der Waals surface area contributed by atoms with Crippen LogP contribution in [0, 0.1) is 5.82 Å². The number of ether oxygens (including phenoxy) is 2. The molecule has 2 N–H and O–H groups in total. The van der Waals surface area contributed by atoms with E-state index in [2.05, 4.69) is 25.9 Å². The molecule has 1 heterocycles. The summed E-state index contributed by atoms with van der Waals surface area (Å²) >= 11 is 6.03. The summed E-state index contributed by atoms with van der Waals surface area (Å²) in [5, 5.41) is 17.6. The molecule has 4 aromatic rings. The van der Waals surface area contributed by atoms with E-state index in [-0.39, 0.29) is 10.9 Å². The number of aromatic amines is 1. The van der Waals surface area contributed by atoms with Gasteiger partial charge in [-0.2, -0.15) is 5.21 Å². The van der Waals surface area contributed by atoms with Gasteiger partial charge in [-0.15, -0.1) is 10.2 Å². The first-order valence-corrected chi connectivity index (χ1v) is 11.2. The van der Waals surface area contributed by atoms with E-state index in [0.717, 1.165) is 11.1 Å². The van der Waals surface area contributed by atoms with Gasteiger partial charge < -0.3 is 14.8 Å². The van der Waals surface area contributed by atoms with Crippen LogP contribution < -0.4 is 14.8 Å². The smallest absolute Gasteiger partial charge is 0.235 e. The molecule has 8 nitrogen and oxygen atoms in total. The zero-order valence-electron chi connectivity index (χ0n) is 18.9. The summed E-state index contributed by atoms with van der Waals surface area (Å²) in [5.74, 6) is 0.852. The number of amides is 1. The fourth-order valence-corrected chi connectivity index (χ4v) is 4.41. The minimum atomic E-state index is -0.805. The van der Waals surface area contributed by atoms with Crippen molar-refractivity contribution in [2.45, 2.75) is 18.3 Å². The van der Waals surface area contributed by atoms with Gasteiger partial charge in [-0.3, -0.25) is 4.79 Å². The molecule has 0 radical (unpaired) electrons. The Kier molecular flexibility index (Phi) is 5.86. The lowest BCUT2D eigenvalue weighted by molar-refractivity contribution is -0.118. The van der Waals surface area contributed by atoms with E-state index in [1.54, 1.807) is 32.4 Å². The average Bonchev–Trinajstić information content (AvgIpc) is 3.50. The van der Waals surface area contributed by atoms with E-state index in [1.807, 2.05) is 24.3 Å². The van der Waals surface area contributed by atoms with Crippen LogP contribution in [0.2, 0.25) is 5.02 Å². The molecule has 1 fully saturated rings. The number of methoxy groups -OCH3 is 2. The van der Waals surface area contributed by atoms with Gasteiger partial charge in [0.15, 0.2) is 11.5 Å². The van der Waals surface area contributed by atoms with Crippen molar-refractivity contribution >= 4 is 23.2 Å². The topological polar surface area (TPSA) is 102 Å². The van der Waals surface area contributed by atoms with Gasteiger partial charge in [0.2, 0.25) is 11.7 Å². The lowest BCUT2D eigenvalue weighted by Gasteiger charge is -2.18. The van der Waals surface area contributed by atoms with Crippen LogP contribution in [0.1, 0.15) is 18.4 Å². The maximum atomic E-state index is 13.9. The first-order valence-electron chi connectivity index (χ1n) is 10.8. The van der Waals surface area contributed by atoms with Gasteiger partial charge >= 0.3 is 0 Å². The molecule has 0 bridgehead atoms.